The minimum atomic E-state index is 0. The average molecular weight is 461 g/mol. The van der Waals surface area contributed by atoms with Gasteiger partial charge < -0.3 is 24.8 Å². The van der Waals surface area contributed by atoms with Crippen molar-refractivity contribution < 1.29 is 51.0 Å². The molecule has 1 aliphatic heterocycles. The van der Waals surface area contributed by atoms with Gasteiger partial charge in [-0.2, -0.15) is 0 Å². The number of halogens is 2. The first-order valence-corrected chi connectivity index (χ1v) is 9.17. The zero-order chi connectivity index (χ0) is 15.4. The molecule has 0 bridgehead atoms. The molecule has 130 valence electrons. The molecule has 2 atom stereocenters. The molecule has 0 amide bonds. The molecular formula is C20H26Cl2SZr. The van der Waals surface area contributed by atoms with E-state index < -0.39 is 0 Å². The Balaban J connectivity index is 0.00000176. The van der Waals surface area contributed by atoms with Gasteiger partial charge in [-0.1, -0.05) is 45.1 Å². The fraction of sp³-hybridized carbons (Fsp3) is 0.450. The standard InChI is InChI=1S/C20H26S.2ClH.Zr/c1-13(2)21-14(3)19(17-8-7-9-18(17)21)15-10-11-16(12-15)20(4,5)6;;;/h7-9,11-12,14H,10H2,1-6H3;2*1H;/q;;;+2/p-2. The Hall–Kier alpha value is 0.383. The molecule has 0 saturated heterocycles. The normalized spacial score (nSPS) is 24.3. The Morgan fingerprint density at radius 1 is 1.17 bits per heavy atom. The van der Waals surface area contributed by atoms with Gasteiger partial charge in [0.25, 0.3) is 0 Å². The van der Waals surface area contributed by atoms with Crippen LogP contribution in [0.15, 0.2) is 57.6 Å². The fourth-order valence-corrected chi connectivity index (χ4v) is 6.27. The number of hydrogen-bond acceptors (Lipinski definition) is 0. The van der Waals surface area contributed by atoms with Crippen LogP contribution in [0.25, 0.3) is 0 Å². The monoisotopic (exact) mass is 458 g/mol. The summed E-state index contributed by atoms with van der Waals surface area (Å²) in [6.45, 7) is 13.9. The topological polar surface area (TPSA) is 0 Å². The van der Waals surface area contributed by atoms with Crippen molar-refractivity contribution in [1.29, 1.82) is 0 Å². The van der Waals surface area contributed by atoms with Crippen molar-refractivity contribution >= 4 is 15.3 Å². The van der Waals surface area contributed by atoms with E-state index in [0.717, 1.165) is 6.42 Å². The zero-order valence-corrected chi connectivity index (χ0v) is 20.1. The molecule has 3 aliphatic rings. The third-order valence-corrected chi connectivity index (χ3v) is 7.24. The van der Waals surface area contributed by atoms with E-state index in [-0.39, 0.29) is 66.9 Å². The van der Waals surface area contributed by atoms with Crippen molar-refractivity contribution in [3.8, 4) is 0 Å². The average Bonchev–Trinajstić information content (AvgIpc) is 3.01. The largest absolute Gasteiger partial charge is 2.00 e. The molecule has 0 nitrogen and oxygen atoms in total. The van der Waals surface area contributed by atoms with Crippen LogP contribution in [0.4, 0.5) is 0 Å². The van der Waals surface area contributed by atoms with Crippen LogP contribution in [0, 0.1) is 5.41 Å². The van der Waals surface area contributed by atoms with Crippen LogP contribution in [0.1, 0.15) is 48.0 Å². The predicted octanol–water partition coefficient (Wildman–Crippen LogP) is -0.0720. The van der Waals surface area contributed by atoms with Crippen LogP contribution in [0.2, 0.25) is 0 Å². The maximum absolute atomic E-state index is 2.46. The molecular weight excluding hydrogens is 434 g/mol. The maximum Gasteiger partial charge on any atom is 2.00 e. The van der Waals surface area contributed by atoms with E-state index in [4.69, 9.17) is 0 Å². The number of hydrogen-bond donors (Lipinski definition) is 0. The van der Waals surface area contributed by atoms with Gasteiger partial charge in [-0.15, -0.1) is 10.5 Å². The molecule has 0 N–H and O–H groups in total. The van der Waals surface area contributed by atoms with Crippen LogP contribution in [-0.4, -0.2) is 10.1 Å². The summed E-state index contributed by atoms with van der Waals surface area (Å²) in [4.78, 5) is 3.13. The zero-order valence-electron chi connectivity index (χ0n) is 15.3. The Kier molecular flexibility index (Phi) is 8.99. The van der Waals surface area contributed by atoms with Crippen LogP contribution in [-0.2, 0) is 26.2 Å². The molecule has 2 aliphatic carbocycles. The number of rotatable bonds is 1. The van der Waals surface area contributed by atoms with Crippen molar-refractivity contribution in [3.05, 3.63) is 57.6 Å². The van der Waals surface area contributed by atoms with Crippen LogP contribution in [0.5, 0.6) is 0 Å². The maximum atomic E-state index is 2.46. The molecule has 4 heteroatoms. The van der Waals surface area contributed by atoms with E-state index in [1.165, 1.54) is 11.1 Å². The van der Waals surface area contributed by atoms with Crippen molar-refractivity contribution in [2.75, 3.05) is 0 Å². The second kappa shape index (κ2) is 8.85. The molecule has 0 spiro atoms. The minimum Gasteiger partial charge on any atom is -1.00 e. The summed E-state index contributed by atoms with van der Waals surface area (Å²) in [6, 6.07) is 0. The first-order chi connectivity index (χ1) is 9.80. The van der Waals surface area contributed by atoms with Gasteiger partial charge in [-0.05, 0) is 65.8 Å². The molecule has 0 aromatic rings. The second-order valence-corrected chi connectivity index (χ2v) is 10.0. The molecule has 24 heavy (non-hydrogen) atoms. The van der Waals surface area contributed by atoms with Gasteiger partial charge in [0.1, 0.15) is 0 Å². The summed E-state index contributed by atoms with van der Waals surface area (Å²) in [5, 5.41) is 0.639. The number of allylic oxidation sites excluding steroid dienone is 8. The predicted molar refractivity (Wildman–Crippen MR) is 97.9 cm³/mol. The third kappa shape index (κ3) is 4.20. The molecule has 0 aromatic carbocycles. The molecule has 0 aromatic heterocycles. The summed E-state index contributed by atoms with van der Waals surface area (Å²) >= 11 is 0. The van der Waals surface area contributed by atoms with Gasteiger partial charge in [0, 0.05) is 10.2 Å². The first kappa shape index (κ1) is 24.4. The van der Waals surface area contributed by atoms with Gasteiger partial charge >= 0.3 is 26.2 Å². The van der Waals surface area contributed by atoms with Gasteiger partial charge in [0.2, 0.25) is 0 Å². The Bertz CT molecular complexity index is 694. The van der Waals surface area contributed by atoms with Crippen molar-refractivity contribution in [3.63, 3.8) is 0 Å². The number of fused-ring (bicyclic) bond motifs is 1. The van der Waals surface area contributed by atoms with E-state index >= 15 is 0 Å². The van der Waals surface area contributed by atoms with Gasteiger partial charge in [0.05, 0.1) is 0 Å². The van der Waals surface area contributed by atoms with Crippen molar-refractivity contribution in [2.24, 2.45) is 5.41 Å². The fourth-order valence-electron chi connectivity index (χ4n) is 3.59. The SMILES string of the molecule is CC(C)=S1C2=CC=CC2=C(C2=CC(C(C)(C)C)=CC2)C1C.[Cl-].[Cl-].[Zr+2]. The minimum absolute atomic E-state index is 0. The molecule has 2 unspecified atom stereocenters. The quantitative estimate of drug-likeness (QED) is 0.481. The van der Waals surface area contributed by atoms with E-state index in [1.54, 1.807) is 20.9 Å². The molecule has 0 fully saturated rings. The van der Waals surface area contributed by atoms with Gasteiger partial charge in [-0.3, -0.25) is 0 Å². The third-order valence-electron chi connectivity index (χ3n) is 4.59. The second-order valence-electron chi connectivity index (χ2n) is 7.39. The smallest absolute Gasteiger partial charge is 1.00 e. The van der Waals surface area contributed by atoms with E-state index in [9.17, 15) is 0 Å². The van der Waals surface area contributed by atoms with Crippen LogP contribution in [0.3, 0.4) is 0 Å². The summed E-state index contributed by atoms with van der Waals surface area (Å²) in [5.74, 6) is 0. The van der Waals surface area contributed by atoms with Gasteiger partial charge in [0.15, 0.2) is 0 Å². The molecule has 1 heterocycles. The Morgan fingerprint density at radius 2 is 1.79 bits per heavy atom. The summed E-state index contributed by atoms with van der Waals surface area (Å²) in [6.07, 6.45) is 12.9. The van der Waals surface area contributed by atoms with Gasteiger partial charge in [-0.25, -0.2) is 0 Å². The summed E-state index contributed by atoms with van der Waals surface area (Å²) in [7, 11) is 0.290. The van der Waals surface area contributed by atoms with E-state index in [2.05, 4.69) is 71.9 Å². The molecule has 0 saturated carbocycles. The van der Waals surface area contributed by atoms with E-state index in [0.29, 0.717) is 5.25 Å². The Labute approximate surface area is 181 Å². The van der Waals surface area contributed by atoms with Crippen molar-refractivity contribution in [2.45, 2.75) is 53.2 Å². The van der Waals surface area contributed by atoms with Crippen molar-refractivity contribution in [1.82, 2.24) is 0 Å². The molecule has 0 radical (unpaired) electrons. The molecule has 3 rings (SSSR count). The van der Waals surface area contributed by atoms with Crippen LogP contribution >= 0.6 is 10.5 Å². The first-order valence-electron chi connectivity index (χ1n) is 7.88. The van der Waals surface area contributed by atoms with Crippen LogP contribution < -0.4 is 24.8 Å². The summed E-state index contributed by atoms with van der Waals surface area (Å²) in [5.41, 5.74) is 6.43. The summed E-state index contributed by atoms with van der Waals surface area (Å²) < 4.78 is 0. The Morgan fingerprint density at radius 3 is 2.29 bits per heavy atom. The van der Waals surface area contributed by atoms with E-state index in [1.807, 2.05) is 0 Å².